The number of hydrogen-bond acceptors (Lipinski definition) is 3. The minimum Gasteiger partial charge on any atom is -0.329 e. The molecule has 21 heavy (non-hydrogen) atoms. The molecule has 118 valence electrons. The third kappa shape index (κ3) is 3.65. The van der Waals surface area contributed by atoms with Crippen molar-refractivity contribution in [2.24, 2.45) is 5.73 Å². The number of benzene rings is 1. The zero-order valence-electron chi connectivity index (χ0n) is 14.3. The molecule has 0 aromatic heterocycles. The van der Waals surface area contributed by atoms with Crippen molar-refractivity contribution in [3.8, 4) is 0 Å². The lowest BCUT2D eigenvalue weighted by Crippen LogP contribution is -2.45. The van der Waals surface area contributed by atoms with Crippen LogP contribution >= 0.6 is 0 Å². The molecule has 0 aliphatic carbocycles. The summed E-state index contributed by atoms with van der Waals surface area (Å²) in [4.78, 5) is 4.94. The Bertz CT molecular complexity index is 474. The highest BCUT2D eigenvalue weighted by Gasteiger charge is 2.27. The zero-order valence-corrected chi connectivity index (χ0v) is 14.3. The van der Waals surface area contributed by atoms with Gasteiger partial charge in [0.1, 0.15) is 0 Å². The van der Waals surface area contributed by atoms with Crippen molar-refractivity contribution in [3.63, 3.8) is 0 Å². The number of piperidine rings is 1. The van der Waals surface area contributed by atoms with Crippen LogP contribution in [0.4, 0.5) is 0 Å². The standard InChI is InChI=1S/C18H31N3/c1-13-10-15(3)17(11-14(13)2)18(12-19)21-8-6-16(7-9-21)20(4)5/h10-11,16,18H,6-9,12,19H2,1-5H3. The minimum absolute atomic E-state index is 0.368. The van der Waals surface area contributed by atoms with Crippen molar-refractivity contribution in [2.45, 2.75) is 45.7 Å². The van der Waals surface area contributed by atoms with Gasteiger partial charge in [0.15, 0.2) is 0 Å². The minimum atomic E-state index is 0.368. The molecule has 3 heteroatoms. The highest BCUT2D eigenvalue weighted by molar-refractivity contribution is 5.38. The third-order valence-electron chi connectivity index (χ3n) is 5.13. The van der Waals surface area contributed by atoms with Gasteiger partial charge in [-0.05, 0) is 70.0 Å². The van der Waals surface area contributed by atoms with Gasteiger partial charge in [-0.1, -0.05) is 12.1 Å². The second-order valence-corrected chi connectivity index (χ2v) is 6.78. The van der Waals surface area contributed by atoms with Gasteiger partial charge in [-0.2, -0.15) is 0 Å². The van der Waals surface area contributed by atoms with Crippen LogP contribution in [-0.2, 0) is 0 Å². The molecule has 1 heterocycles. The first-order valence-electron chi connectivity index (χ1n) is 8.12. The van der Waals surface area contributed by atoms with E-state index in [1.165, 1.54) is 35.1 Å². The fourth-order valence-electron chi connectivity index (χ4n) is 3.53. The first-order valence-corrected chi connectivity index (χ1v) is 8.12. The quantitative estimate of drug-likeness (QED) is 0.925. The Morgan fingerprint density at radius 3 is 2.19 bits per heavy atom. The summed E-state index contributed by atoms with van der Waals surface area (Å²) < 4.78 is 0. The SMILES string of the molecule is Cc1cc(C)c(C(CN)N2CCC(N(C)C)CC2)cc1C. The van der Waals surface area contributed by atoms with Crippen LogP contribution in [0, 0.1) is 20.8 Å². The van der Waals surface area contributed by atoms with Crippen molar-refractivity contribution in [2.75, 3.05) is 33.7 Å². The average molecular weight is 289 g/mol. The van der Waals surface area contributed by atoms with Gasteiger partial charge < -0.3 is 10.6 Å². The number of nitrogens with two attached hydrogens (primary N) is 1. The molecule has 1 aliphatic heterocycles. The van der Waals surface area contributed by atoms with E-state index in [1.807, 2.05) is 0 Å². The number of aryl methyl sites for hydroxylation is 3. The van der Waals surface area contributed by atoms with Gasteiger partial charge >= 0.3 is 0 Å². The van der Waals surface area contributed by atoms with Crippen molar-refractivity contribution in [1.29, 1.82) is 0 Å². The van der Waals surface area contributed by atoms with E-state index in [2.05, 4.69) is 56.8 Å². The fraction of sp³-hybridized carbons (Fsp3) is 0.667. The molecular weight excluding hydrogens is 258 g/mol. The molecular formula is C18H31N3. The molecule has 0 saturated carbocycles. The molecule has 1 saturated heterocycles. The van der Waals surface area contributed by atoms with Crippen LogP contribution in [0.5, 0.6) is 0 Å². The summed E-state index contributed by atoms with van der Waals surface area (Å²) in [7, 11) is 4.38. The molecule has 1 aromatic carbocycles. The van der Waals surface area contributed by atoms with Crippen LogP contribution in [0.25, 0.3) is 0 Å². The maximum absolute atomic E-state index is 6.14. The Labute approximate surface area is 130 Å². The van der Waals surface area contributed by atoms with Crippen LogP contribution in [-0.4, -0.2) is 49.6 Å². The lowest BCUT2D eigenvalue weighted by atomic mass is 9.93. The highest BCUT2D eigenvalue weighted by Crippen LogP contribution is 2.29. The molecule has 0 spiro atoms. The third-order valence-corrected chi connectivity index (χ3v) is 5.13. The van der Waals surface area contributed by atoms with E-state index < -0.39 is 0 Å². The van der Waals surface area contributed by atoms with Gasteiger partial charge in [-0.15, -0.1) is 0 Å². The van der Waals surface area contributed by atoms with E-state index >= 15 is 0 Å². The second-order valence-electron chi connectivity index (χ2n) is 6.78. The first-order chi connectivity index (χ1) is 9.93. The van der Waals surface area contributed by atoms with Crippen molar-refractivity contribution < 1.29 is 0 Å². The van der Waals surface area contributed by atoms with Gasteiger partial charge in [0, 0.05) is 31.7 Å². The fourth-order valence-corrected chi connectivity index (χ4v) is 3.53. The van der Waals surface area contributed by atoms with Crippen LogP contribution in [0.3, 0.4) is 0 Å². The predicted molar refractivity (Wildman–Crippen MR) is 90.7 cm³/mol. The second kappa shape index (κ2) is 6.91. The van der Waals surface area contributed by atoms with Crippen LogP contribution in [0.2, 0.25) is 0 Å². The summed E-state index contributed by atoms with van der Waals surface area (Å²) in [6.07, 6.45) is 2.49. The molecule has 1 aliphatic rings. The summed E-state index contributed by atoms with van der Waals surface area (Å²) in [6.45, 7) is 9.61. The number of hydrogen-bond donors (Lipinski definition) is 1. The highest BCUT2D eigenvalue weighted by atomic mass is 15.2. The molecule has 2 rings (SSSR count). The van der Waals surface area contributed by atoms with E-state index in [-0.39, 0.29) is 0 Å². The van der Waals surface area contributed by atoms with Gasteiger partial charge in [-0.3, -0.25) is 4.90 Å². The van der Waals surface area contributed by atoms with E-state index in [0.29, 0.717) is 12.6 Å². The van der Waals surface area contributed by atoms with Gasteiger partial charge in [-0.25, -0.2) is 0 Å². The van der Waals surface area contributed by atoms with E-state index in [9.17, 15) is 0 Å². The normalized spacial score (nSPS) is 19.2. The molecule has 2 N–H and O–H groups in total. The molecule has 3 nitrogen and oxygen atoms in total. The van der Waals surface area contributed by atoms with E-state index in [1.54, 1.807) is 0 Å². The summed E-state index contributed by atoms with van der Waals surface area (Å²) in [6, 6.07) is 5.74. The van der Waals surface area contributed by atoms with Gasteiger partial charge in [0.2, 0.25) is 0 Å². The Hall–Kier alpha value is -0.900. The number of likely N-dealkylation sites (tertiary alicyclic amines) is 1. The zero-order chi connectivity index (χ0) is 15.6. The smallest absolute Gasteiger partial charge is 0.0473 e. The average Bonchev–Trinajstić information content (AvgIpc) is 2.45. The summed E-state index contributed by atoms with van der Waals surface area (Å²) in [5, 5.41) is 0. The monoisotopic (exact) mass is 289 g/mol. The molecule has 1 aromatic rings. The number of nitrogens with zero attached hydrogens (tertiary/aromatic N) is 2. The lowest BCUT2D eigenvalue weighted by Gasteiger charge is -2.40. The molecule has 1 atom stereocenters. The maximum atomic E-state index is 6.14. The maximum Gasteiger partial charge on any atom is 0.0473 e. The van der Waals surface area contributed by atoms with Crippen LogP contribution < -0.4 is 5.73 Å². The van der Waals surface area contributed by atoms with Crippen LogP contribution in [0.1, 0.15) is 41.1 Å². The van der Waals surface area contributed by atoms with E-state index in [4.69, 9.17) is 5.73 Å². The molecule has 0 amide bonds. The molecule has 0 bridgehead atoms. The molecule has 1 fully saturated rings. The Morgan fingerprint density at radius 2 is 1.67 bits per heavy atom. The lowest BCUT2D eigenvalue weighted by molar-refractivity contribution is 0.110. The topological polar surface area (TPSA) is 32.5 Å². The summed E-state index contributed by atoms with van der Waals surface area (Å²) in [5.41, 5.74) is 11.7. The van der Waals surface area contributed by atoms with E-state index in [0.717, 1.165) is 19.1 Å². The van der Waals surface area contributed by atoms with Crippen molar-refractivity contribution >= 4 is 0 Å². The Morgan fingerprint density at radius 1 is 1.10 bits per heavy atom. The van der Waals surface area contributed by atoms with Crippen molar-refractivity contribution in [3.05, 3.63) is 34.4 Å². The molecule has 1 unspecified atom stereocenters. The van der Waals surface area contributed by atoms with Crippen molar-refractivity contribution in [1.82, 2.24) is 9.80 Å². The summed E-state index contributed by atoms with van der Waals surface area (Å²) in [5.74, 6) is 0. The Balaban J connectivity index is 2.16. The van der Waals surface area contributed by atoms with Crippen LogP contribution in [0.15, 0.2) is 12.1 Å². The van der Waals surface area contributed by atoms with Gasteiger partial charge in [0.05, 0.1) is 0 Å². The number of rotatable bonds is 4. The first kappa shape index (κ1) is 16.5. The van der Waals surface area contributed by atoms with Gasteiger partial charge in [0.25, 0.3) is 0 Å². The Kier molecular flexibility index (Phi) is 5.42. The largest absolute Gasteiger partial charge is 0.329 e. The molecule has 0 radical (unpaired) electrons. The predicted octanol–water partition coefficient (Wildman–Crippen LogP) is 2.64. The summed E-state index contributed by atoms with van der Waals surface area (Å²) >= 11 is 0.